The van der Waals surface area contributed by atoms with E-state index in [0.717, 1.165) is 49.5 Å². The van der Waals surface area contributed by atoms with E-state index in [4.69, 9.17) is 9.47 Å². The van der Waals surface area contributed by atoms with Crippen LogP contribution in [0, 0.1) is 5.92 Å². The van der Waals surface area contributed by atoms with E-state index in [-0.39, 0.29) is 12.2 Å². The summed E-state index contributed by atoms with van der Waals surface area (Å²) in [5.41, 5.74) is 1.67. The highest BCUT2D eigenvalue weighted by atomic mass is 16.6. The van der Waals surface area contributed by atoms with E-state index in [0.29, 0.717) is 5.92 Å². The average Bonchev–Trinajstić information content (AvgIpc) is 3.11. The highest BCUT2D eigenvalue weighted by Crippen LogP contribution is 2.33. The maximum absolute atomic E-state index is 12.2. The van der Waals surface area contributed by atoms with Crippen LogP contribution in [-0.2, 0) is 11.3 Å². The first-order chi connectivity index (χ1) is 11.9. The van der Waals surface area contributed by atoms with Gasteiger partial charge >= 0.3 is 6.09 Å². The van der Waals surface area contributed by atoms with Gasteiger partial charge in [0.1, 0.15) is 11.7 Å². The second-order valence-electron chi connectivity index (χ2n) is 7.95. The first kappa shape index (κ1) is 16.2. The predicted molar refractivity (Wildman–Crippen MR) is 94.7 cm³/mol. The molecule has 1 aromatic heterocycles. The molecule has 3 heterocycles. The van der Waals surface area contributed by atoms with E-state index < -0.39 is 5.60 Å². The molecule has 1 fully saturated rings. The number of carbonyl (C=O) groups excluding carboxylic acids is 1. The van der Waals surface area contributed by atoms with Crippen molar-refractivity contribution >= 4 is 17.1 Å². The topological polar surface area (TPSA) is 56.6 Å². The number of fused-ring (bicyclic) bond motifs is 3. The van der Waals surface area contributed by atoms with Crippen LogP contribution in [0.5, 0.6) is 6.01 Å². The summed E-state index contributed by atoms with van der Waals surface area (Å²) in [6, 6.07) is 8.85. The lowest BCUT2D eigenvalue weighted by Gasteiger charge is -2.35. The Morgan fingerprint density at radius 2 is 1.96 bits per heavy atom. The fraction of sp³-hybridized carbons (Fsp3) is 0.579. The third kappa shape index (κ3) is 3.17. The van der Waals surface area contributed by atoms with Crippen molar-refractivity contribution in [1.82, 2.24) is 14.5 Å². The fourth-order valence-corrected chi connectivity index (χ4v) is 3.70. The van der Waals surface area contributed by atoms with Gasteiger partial charge in [-0.1, -0.05) is 12.1 Å². The maximum atomic E-state index is 12.2. The minimum Gasteiger partial charge on any atom is -0.459 e. The number of amides is 1. The second-order valence-corrected chi connectivity index (χ2v) is 7.95. The number of imidazole rings is 1. The molecule has 25 heavy (non-hydrogen) atoms. The molecule has 0 bridgehead atoms. The van der Waals surface area contributed by atoms with Gasteiger partial charge in [-0.05, 0) is 45.7 Å². The summed E-state index contributed by atoms with van der Waals surface area (Å²) in [5, 5.41) is 0. The predicted octanol–water partition coefficient (Wildman–Crippen LogP) is 3.44. The van der Waals surface area contributed by atoms with Crippen molar-refractivity contribution in [1.29, 1.82) is 0 Å². The van der Waals surface area contributed by atoms with Crippen LogP contribution >= 0.6 is 0 Å². The number of benzene rings is 1. The van der Waals surface area contributed by atoms with Crippen molar-refractivity contribution in [2.75, 3.05) is 13.1 Å². The molecule has 0 N–H and O–H groups in total. The molecule has 1 saturated heterocycles. The third-order valence-electron chi connectivity index (χ3n) is 4.96. The van der Waals surface area contributed by atoms with Crippen LogP contribution in [0.1, 0.15) is 33.6 Å². The van der Waals surface area contributed by atoms with Gasteiger partial charge in [-0.25, -0.2) is 4.79 Å². The normalized spacial score (nSPS) is 21.2. The number of aromatic nitrogens is 2. The van der Waals surface area contributed by atoms with Gasteiger partial charge < -0.3 is 14.4 Å². The maximum Gasteiger partial charge on any atom is 0.410 e. The molecule has 6 nitrogen and oxygen atoms in total. The van der Waals surface area contributed by atoms with Crippen LogP contribution in [-0.4, -0.2) is 45.3 Å². The third-order valence-corrected chi connectivity index (χ3v) is 4.96. The van der Waals surface area contributed by atoms with Crippen LogP contribution < -0.4 is 4.74 Å². The summed E-state index contributed by atoms with van der Waals surface area (Å²) in [6.07, 6.45) is 1.81. The lowest BCUT2D eigenvalue weighted by molar-refractivity contribution is 0.0120. The zero-order valence-corrected chi connectivity index (χ0v) is 15.1. The Labute approximate surface area is 147 Å². The van der Waals surface area contributed by atoms with Crippen LogP contribution in [0.25, 0.3) is 11.0 Å². The summed E-state index contributed by atoms with van der Waals surface area (Å²) >= 11 is 0. The molecule has 2 aliphatic rings. The molecule has 0 saturated carbocycles. The largest absolute Gasteiger partial charge is 0.459 e. The van der Waals surface area contributed by atoms with Crippen molar-refractivity contribution < 1.29 is 14.3 Å². The minimum absolute atomic E-state index is 0.146. The fourth-order valence-electron chi connectivity index (χ4n) is 3.70. The SMILES string of the molecule is CC(C)(C)OC(=O)N1CCC(C2Cn3c(nc4ccccc43)O2)CC1. The molecule has 2 aromatic rings. The van der Waals surface area contributed by atoms with Crippen LogP contribution in [0.4, 0.5) is 4.79 Å². The molecule has 134 valence electrons. The lowest BCUT2D eigenvalue weighted by atomic mass is 9.91. The van der Waals surface area contributed by atoms with E-state index in [1.807, 2.05) is 43.9 Å². The molecule has 2 aliphatic heterocycles. The van der Waals surface area contributed by atoms with Crippen molar-refractivity contribution in [2.24, 2.45) is 5.92 Å². The average molecular weight is 343 g/mol. The Bertz CT molecular complexity index is 785. The summed E-state index contributed by atoms with van der Waals surface area (Å²) in [4.78, 5) is 18.6. The molecule has 6 heteroatoms. The molecule has 4 rings (SSSR count). The summed E-state index contributed by atoms with van der Waals surface area (Å²) in [7, 11) is 0. The van der Waals surface area contributed by atoms with Gasteiger partial charge in [0.25, 0.3) is 6.01 Å². The Kier molecular flexibility index (Phi) is 3.85. The quantitative estimate of drug-likeness (QED) is 0.796. The number of piperidine rings is 1. The van der Waals surface area contributed by atoms with E-state index in [1.165, 1.54) is 0 Å². The van der Waals surface area contributed by atoms with Crippen molar-refractivity contribution in [3.8, 4) is 6.01 Å². The number of likely N-dealkylation sites (tertiary alicyclic amines) is 1. The standard InChI is InChI=1S/C19H25N3O3/c1-19(2,3)25-18(23)21-10-8-13(9-11-21)16-12-22-15-7-5-4-6-14(15)20-17(22)24-16/h4-7,13,16H,8-12H2,1-3H3. The Morgan fingerprint density at radius 1 is 1.24 bits per heavy atom. The lowest BCUT2D eigenvalue weighted by Crippen LogP contribution is -2.44. The summed E-state index contributed by atoms with van der Waals surface area (Å²) in [5.74, 6) is 0.444. The molecular weight excluding hydrogens is 318 g/mol. The summed E-state index contributed by atoms with van der Waals surface area (Å²) < 4.78 is 13.8. The smallest absolute Gasteiger partial charge is 0.410 e. The molecule has 0 spiro atoms. The monoisotopic (exact) mass is 343 g/mol. The number of hydrogen-bond acceptors (Lipinski definition) is 4. The highest BCUT2D eigenvalue weighted by Gasteiger charge is 2.36. The van der Waals surface area contributed by atoms with E-state index in [2.05, 4.69) is 15.6 Å². The molecule has 1 atom stereocenters. The van der Waals surface area contributed by atoms with Gasteiger partial charge in [0.15, 0.2) is 0 Å². The van der Waals surface area contributed by atoms with Gasteiger partial charge in [-0.3, -0.25) is 4.57 Å². The first-order valence-corrected chi connectivity index (χ1v) is 9.00. The number of hydrogen-bond donors (Lipinski definition) is 0. The number of carbonyl (C=O) groups is 1. The number of nitrogens with zero attached hydrogens (tertiary/aromatic N) is 3. The van der Waals surface area contributed by atoms with Crippen molar-refractivity contribution in [2.45, 2.75) is 51.9 Å². The van der Waals surface area contributed by atoms with Gasteiger partial charge in [0.2, 0.25) is 0 Å². The highest BCUT2D eigenvalue weighted by molar-refractivity contribution is 5.76. The molecule has 1 aromatic carbocycles. The minimum atomic E-state index is -0.446. The van der Waals surface area contributed by atoms with Gasteiger partial charge in [-0.15, -0.1) is 0 Å². The Morgan fingerprint density at radius 3 is 2.68 bits per heavy atom. The molecular formula is C19H25N3O3. The molecule has 0 aliphatic carbocycles. The van der Waals surface area contributed by atoms with Gasteiger partial charge in [0, 0.05) is 19.0 Å². The first-order valence-electron chi connectivity index (χ1n) is 9.00. The van der Waals surface area contributed by atoms with Crippen LogP contribution in [0.2, 0.25) is 0 Å². The van der Waals surface area contributed by atoms with Gasteiger partial charge in [-0.2, -0.15) is 4.98 Å². The van der Waals surface area contributed by atoms with Crippen LogP contribution in [0.15, 0.2) is 24.3 Å². The number of para-hydroxylation sites is 2. The summed E-state index contributed by atoms with van der Waals surface area (Å²) in [6.45, 7) is 7.99. The van der Waals surface area contributed by atoms with Gasteiger partial charge in [0.05, 0.1) is 17.6 Å². The zero-order valence-electron chi connectivity index (χ0n) is 15.1. The number of rotatable bonds is 1. The van der Waals surface area contributed by atoms with E-state index in [1.54, 1.807) is 0 Å². The number of ether oxygens (including phenoxy) is 2. The zero-order chi connectivity index (χ0) is 17.6. The van der Waals surface area contributed by atoms with E-state index >= 15 is 0 Å². The van der Waals surface area contributed by atoms with Crippen molar-refractivity contribution in [3.05, 3.63) is 24.3 Å². The van der Waals surface area contributed by atoms with Crippen LogP contribution in [0.3, 0.4) is 0 Å². The van der Waals surface area contributed by atoms with E-state index in [9.17, 15) is 4.79 Å². The Balaban J connectivity index is 1.37. The molecule has 0 radical (unpaired) electrons. The molecule has 1 amide bonds. The second kappa shape index (κ2) is 5.93. The van der Waals surface area contributed by atoms with Crippen molar-refractivity contribution in [3.63, 3.8) is 0 Å². The Hall–Kier alpha value is -2.24. The molecule has 1 unspecified atom stereocenters.